The molecule has 0 saturated carbocycles. The van der Waals surface area contributed by atoms with Crippen LogP contribution in [0.1, 0.15) is 27.2 Å². The molecule has 0 aliphatic carbocycles. The summed E-state index contributed by atoms with van der Waals surface area (Å²) < 4.78 is 26.8. The molecule has 0 aromatic carbocycles. The van der Waals surface area contributed by atoms with Gasteiger partial charge in [-0.3, -0.25) is 9.59 Å². The molecule has 6 nitrogen and oxygen atoms in total. The van der Waals surface area contributed by atoms with Crippen LogP contribution < -0.4 is 0 Å². The Balaban J connectivity index is 4.75. The van der Waals surface area contributed by atoms with E-state index in [9.17, 15) is 18.0 Å². The van der Waals surface area contributed by atoms with E-state index in [1.807, 2.05) is 0 Å². The molecule has 0 amide bonds. The molecule has 0 radical (unpaired) electrons. The Hall–Kier alpha value is -1.11. The Bertz CT molecular complexity index is 390. The second kappa shape index (κ2) is 5.48. The van der Waals surface area contributed by atoms with Gasteiger partial charge in [-0.15, -0.1) is 0 Å². The number of esters is 1. The Morgan fingerprint density at radius 3 is 2.06 bits per heavy atom. The lowest BCUT2D eigenvalue weighted by Crippen LogP contribution is -2.34. The third-order valence-electron chi connectivity index (χ3n) is 2.39. The molecular formula is C10H18O6S. The van der Waals surface area contributed by atoms with Gasteiger partial charge in [0, 0.05) is 0 Å². The third-order valence-corrected chi connectivity index (χ3v) is 5.03. The number of rotatable bonds is 5. The molecule has 0 aromatic heterocycles. The van der Waals surface area contributed by atoms with Crippen LogP contribution in [0, 0.1) is 5.92 Å². The van der Waals surface area contributed by atoms with Crippen molar-refractivity contribution >= 4 is 21.8 Å². The molecule has 0 rings (SSSR count). The van der Waals surface area contributed by atoms with Crippen molar-refractivity contribution in [2.24, 2.45) is 5.92 Å². The van der Waals surface area contributed by atoms with Crippen molar-refractivity contribution in [1.82, 2.24) is 0 Å². The number of carboxylic acid groups (broad SMARTS) is 1. The van der Waals surface area contributed by atoms with E-state index in [4.69, 9.17) is 5.11 Å². The molecule has 7 heteroatoms. The second-order valence-corrected chi connectivity index (χ2v) is 7.50. The van der Waals surface area contributed by atoms with Crippen molar-refractivity contribution in [3.63, 3.8) is 0 Å². The number of carbonyl (C=O) groups is 2. The zero-order chi connectivity index (χ0) is 13.9. The summed E-state index contributed by atoms with van der Waals surface area (Å²) in [7, 11) is -2.37. The number of methoxy groups -OCH3 is 1. The smallest absolute Gasteiger partial charge is 0.320 e. The van der Waals surface area contributed by atoms with Crippen LogP contribution >= 0.6 is 0 Å². The fourth-order valence-electron chi connectivity index (χ4n) is 1.06. The van der Waals surface area contributed by atoms with E-state index in [0.717, 1.165) is 7.11 Å². The third kappa shape index (κ3) is 4.33. The maximum atomic E-state index is 11.7. The van der Waals surface area contributed by atoms with Gasteiger partial charge in [-0.05, 0) is 27.2 Å². The first-order chi connectivity index (χ1) is 7.53. The molecule has 1 atom stereocenters. The van der Waals surface area contributed by atoms with Crippen molar-refractivity contribution in [1.29, 1.82) is 0 Å². The number of carboxylic acids is 1. The van der Waals surface area contributed by atoms with Crippen molar-refractivity contribution in [2.45, 2.75) is 31.9 Å². The molecule has 0 aliphatic heterocycles. The summed E-state index contributed by atoms with van der Waals surface area (Å²) in [5.74, 6) is -4.09. The molecule has 0 fully saturated rings. The first kappa shape index (κ1) is 15.9. The summed E-state index contributed by atoms with van der Waals surface area (Å²) in [5, 5.41) is 8.78. The monoisotopic (exact) mass is 266 g/mol. The van der Waals surface area contributed by atoms with Crippen LogP contribution in [0.5, 0.6) is 0 Å². The van der Waals surface area contributed by atoms with Gasteiger partial charge < -0.3 is 9.84 Å². The predicted octanol–water partition coefficient (Wildman–Crippen LogP) is 0.464. The quantitative estimate of drug-likeness (QED) is 0.573. The van der Waals surface area contributed by atoms with Crippen molar-refractivity contribution < 1.29 is 27.9 Å². The van der Waals surface area contributed by atoms with Crippen LogP contribution in [0.3, 0.4) is 0 Å². The fourth-order valence-corrected chi connectivity index (χ4v) is 2.22. The Labute approximate surface area is 101 Å². The lowest BCUT2D eigenvalue weighted by molar-refractivity contribution is -0.156. The number of hydrogen-bond acceptors (Lipinski definition) is 5. The largest absolute Gasteiger partial charge is 0.481 e. The molecule has 0 heterocycles. The molecular weight excluding hydrogens is 248 g/mol. The highest BCUT2D eigenvalue weighted by atomic mass is 32.2. The van der Waals surface area contributed by atoms with Gasteiger partial charge in [0.1, 0.15) is 0 Å². The molecule has 0 aromatic rings. The molecule has 17 heavy (non-hydrogen) atoms. The standard InChI is InChI=1S/C10H18O6S/c1-10(2,3)17(14,15)6-5-7(8(11)12)9(13)16-4/h7H,5-6H2,1-4H3,(H,11,12). The van der Waals surface area contributed by atoms with Crippen LogP contribution in [-0.2, 0) is 24.2 Å². The summed E-state index contributed by atoms with van der Waals surface area (Å²) >= 11 is 0. The maximum Gasteiger partial charge on any atom is 0.320 e. The van der Waals surface area contributed by atoms with E-state index in [2.05, 4.69) is 4.74 Å². The van der Waals surface area contributed by atoms with Gasteiger partial charge in [-0.1, -0.05) is 0 Å². The van der Waals surface area contributed by atoms with Gasteiger partial charge in [-0.2, -0.15) is 0 Å². The van der Waals surface area contributed by atoms with Crippen LogP contribution in [0.15, 0.2) is 0 Å². The molecule has 0 aliphatic rings. The Kier molecular flexibility index (Phi) is 5.12. The van der Waals surface area contributed by atoms with E-state index in [-0.39, 0.29) is 12.2 Å². The molecule has 1 N–H and O–H groups in total. The maximum absolute atomic E-state index is 11.7. The highest BCUT2D eigenvalue weighted by Gasteiger charge is 2.33. The summed E-state index contributed by atoms with van der Waals surface area (Å²) in [6.45, 7) is 4.57. The molecule has 0 spiro atoms. The van der Waals surface area contributed by atoms with Crippen LogP contribution in [0.2, 0.25) is 0 Å². The van der Waals surface area contributed by atoms with Crippen molar-refractivity contribution in [3.05, 3.63) is 0 Å². The van der Waals surface area contributed by atoms with E-state index in [1.165, 1.54) is 20.8 Å². The van der Waals surface area contributed by atoms with E-state index >= 15 is 0 Å². The zero-order valence-corrected chi connectivity index (χ0v) is 11.2. The van der Waals surface area contributed by atoms with Gasteiger partial charge in [-0.25, -0.2) is 8.42 Å². The summed E-state index contributed by atoms with van der Waals surface area (Å²) in [6.07, 6.45) is -0.276. The molecule has 0 bridgehead atoms. The first-order valence-electron chi connectivity index (χ1n) is 5.06. The average molecular weight is 266 g/mol. The van der Waals surface area contributed by atoms with E-state index in [0.29, 0.717) is 0 Å². The summed E-state index contributed by atoms with van der Waals surface area (Å²) in [4.78, 5) is 21.9. The number of carbonyl (C=O) groups excluding carboxylic acids is 1. The van der Waals surface area contributed by atoms with Gasteiger partial charge >= 0.3 is 11.9 Å². The Morgan fingerprint density at radius 2 is 1.76 bits per heavy atom. The highest BCUT2D eigenvalue weighted by molar-refractivity contribution is 7.92. The summed E-state index contributed by atoms with van der Waals surface area (Å²) in [6, 6.07) is 0. The van der Waals surface area contributed by atoms with Crippen molar-refractivity contribution in [2.75, 3.05) is 12.9 Å². The Morgan fingerprint density at radius 1 is 1.29 bits per heavy atom. The van der Waals surface area contributed by atoms with Gasteiger partial charge in [0.05, 0.1) is 17.6 Å². The minimum Gasteiger partial charge on any atom is -0.481 e. The predicted molar refractivity (Wildman–Crippen MR) is 61.3 cm³/mol. The van der Waals surface area contributed by atoms with E-state index < -0.39 is 32.4 Å². The van der Waals surface area contributed by atoms with Gasteiger partial charge in [0.15, 0.2) is 15.8 Å². The number of sulfone groups is 1. The first-order valence-corrected chi connectivity index (χ1v) is 6.71. The van der Waals surface area contributed by atoms with Crippen LogP contribution in [0.25, 0.3) is 0 Å². The topological polar surface area (TPSA) is 97.7 Å². The average Bonchev–Trinajstić information content (AvgIpc) is 2.15. The number of hydrogen-bond donors (Lipinski definition) is 1. The van der Waals surface area contributed by atoms with Crippen LogP contribution in [-0.4, -0.2) is 43.1 Å². The van der Waals surface area contributed by atoms with Crippen LogP contribution in [0.4, 0.5) is 0 Å². The number of aliphatic carboxylic acids is 1. The minimum atomic E-state index is -3.44. The SMILES string of the molecule is COC(=O)C(CCS(=O)(=O)C(C)(C)C)C(=O)O. The number of ether oxygens (including phenoxy) is 1. The van der Waals surface area contributed by atoms with Gasteiger partial charge in [0.2, 0.25) is 0 Å². The van der Waals surface area contributed by atoms with E-state index in [1.54, 1.807) is 0 Å². The normalized spacial score (nSPS) is 14.1. The molecule has 100 valence electrons. The lowest BCUT2D eigenvalue weighted by atomic mass is 10.1. The van der Waals surface area contributed by atoms with Gasteiger partial charge in [0.25, 0.3) is 0 Å². The second-order valence-electron chi connectivity index (χ2n) is 4.63. The summed E-state index contributed by atoms with van der Waals surface area (Å²) in [5.41, 5.74) is 0. The lowest BCUT2D eigenvalue weighted by Gasteiger charge is -2.20. The fraction of sp³-hybridized carbons (Fsp3) is 0.800. The molecule has 1 unspecified atom stereocenters. The van der Waals surface area contributed by atoms with Crippen molar-refractivity contribution in [3.8, 4) is 0 Å². The zero-order valence-electron chi connectivity index (χ0n) is 10.4. The minimum absolute atomic E-state index is 0.276. The molecule has 0 saturated heterocycles. The highest BCUT2D eigenvalue weighted by Crippen LogP contribution is 2.19.